The van der Waals surface area contributed by atoms with Crippen molar-refractivity contribution >= 4 is 67.0 Å². The van der Waals surface area contributed by atoms with Crippen molar-refractivity contribution in [1.82, 2.24) is 0 Å². The zero-order valence-electron chi connectivity index (χ0n) is 40.3. The number of allylic oxidation sites excluding steroid dienone is 5. The standard InChI is InChI=1S/C50H66N6O12S3/c1-50(29-11-17-32(18-12-29)64-68-69(60)45-9-3-6-39-36(45)24-27-42(55-52)48(39)58,30-13-19-33(20-14-30)65-70(61)66-44-8-2-5-38-35(44)23-26-41(54-51)47(38)57)31-15-21-34(22-16-31)67-71(62,63)46-10-4-7-40-37(46)25-28-43(56-53)49(40)59/h23-40,44-46H,2-22H2,1H3. The number of rotatable bonds is 14. The van der Waals surface area contributed by atoms with E-state index in [-0.39, 0.29) is 75.8 Å². The van der Waals surface area contributed by atoms with Crippen LogP contribution in [-0.4, -0.2) is 101 Å². The largest absolute Gasteiger partial charge is 0.361 e. The van der Waals surface area contributed by atoms with E-state index in [2.05, 4.69) is 21.3 Å². The third-order valence-corrected chi connectivity index (χ3v) is 22.3. The van der Waals surface area contributed by atoms with Gasteiger partial charge in [0.05, 0.1) is 34.9 Å². The molecule has 0 saturated heterocycles. The Bertz CT molecular complexity index is 2490. The van der Waals surface area contributed by atoms with E-state index in [1.807, 2.05) is 6.08 Å². The van der Waals surface area contributed by atoms with E-state index in [1.165, 1.54) is 18.2 Å². The molecule has 0 radical (unpaired) electrons. The van der Waals surface area contributed by atoms with Crippen molar-refractivity contribution in [2.24, 2.45) is 58.7 Å². The van der Waals surface area contributed by atoms with Gasteiger partial charge in [-0.1, -0.05) is 44.4 Å². The second kappa shape index (κ2) is 22.5. The minimum atomic E-state index is -4.04. The first-order chi connectivity index (χ1) is 34.2. The Kier molecular flexibility index (Phi) is 16.6. The molecule has 9 aliphatic carbocycles. The van der Waals surface area contributed by atoms with Crippen molar-refractivity contribution in [1.29, 1.82) is 0 Å². The van der Waals surface area contributed by atoms with E-state index < -0.39 is 78.9 Å². The summed E-state index contributed by atoms with van der Waals surface area (Å²) in [5.74, 6) is -2.45. The SMILES string of the molecule is CC(C1CCC(OOS(=O)C2CCCC3C(=O)C(=[N+]=[N-])C=CC32)CC1)(C1CCC(OS(=O)OC2CCCC3C(=O)C(=[N+]=[N-])C=CC23)CC1)C1CCC(OS(=O)(=O)C2CCCC3C(=O)C(=[N+]=[N-])C=CC32)CC1. The Hall–Kier alpha value is -3.58. The van der Waals surface area contributed by atoms with Gasteiger partial charge in [-0.3, -0.25) is 26.9 Å². The molecule has 0 aromatic rings. The maximum Gasteiger partial charge on any atom is 0.357 e. The molecule has 21 heteroatoms. The molecule has 0 heterocycles. The first kappa shape index (κ1) is 52.3. The van der Waals surface area contributed by atoms with Crippen LogP contribution in [-0.2, 0) is 68.7 Å². The fourth-order valence-corrected chi connectivity index (χ4v) is 18.5. The molecule has 0 amide bonds. The molecular formula is C50H66N6O12S3. The first-order valence-electron chi connectivity index (χ1n) is 26.0. The van der Waals surface area contributed by atoms with E-state index >= 15 is 0 Å². The molecule has 6 saturated carbocycles. The molecule has 0 aliphatic heterocycles. The van der Waals surface area contributed by atoms with Crippen LogP contribution in [0.5, 0.6) is 0 Å². The normalized spacial score (nSPS) is 39.2. The average molecular weight is 1040 g/mol. The highest BCUT2D eigenvalue weighted by molar-refractivity contribution is 7.87. The maximum atomic E-state index is 14.0. The van der Waals surface area contributed by atoms with Crippen LogP contribution in [0.2, 0.25) is 0 Å². The third kappa shape index (κ3) is 10.8. The Morgan fingerprint density at radius 3 is 1.55 bits per heavy atom. The van der Waals surface area contributed by atoms with Crippen molar-refractivity contribution in [3.05, 3.63) is 53.0 Å². The molecule has 18 nitrogen and oxygen atoms in total. The fourth-order valence-electron chi connectivity index (χ4n) is 14.6. The Morgan fingerprint density at radius 2 is 1.00 bits per heavy atom. The molecule has 0 N–H and O–H groups in total. The molecule has 12 unspecified atom stereocenters. The van der Waals surface area contributed by atoms with Crippen LogP contribution < -0.4 is 0 Å². The van der Waals surface area contributed by atoms with Crippen LogP contribution in [0.1, 0.15) is 142 Å². The van der Waals surface area contributed by atoms with Crippen LogP contribution in [0.3, 0.4) is 0 Å². The van der Waals surface area contributed by atoms with E-state index in [9.17, 15) is 47.8 Å². The number of carbonyl (C=O) groups excluding carboxylic acids is 3. The molecule has 12 atom stereocenters. The van der Waals surface area contributed by atoms with Gasteiger partial charge in [0.2, 0.25) is 17.3 Å². The monoisotopic (exact) mass is 1040 g/mol. The highest BCUT2D eigenvalue weighted by Crippen LogP contribution is 2.57. The highest BCUT2D eigenvalue weighted by Gasteiger charge is 2.53. The van der Waals surface area contributed by atoms with Gasteiger partial charge in [-0.2, -0.15) is 27.0 Å². The first-order valence-corrected chi connectivity index (χ1v) is 29.6. The quantitative estimate of drug-likeness (QED) is 0.0558. The van der Waals surface area contributed by atoms with Gasteiger partial charge in [-0.05, 0) is 139 Å². The molecule has 0 bridgehead atoms. The van der Waals surface area contributed by atoms with Crippen LogP contribution in [0.15, 0.2) is 36.5 Å². The van der Waals surface area contributed by atoms with Crippen LogP contribution in [0.4, 0.5) is 0 Å². The van der Waals surface area contributed by atoms with E-state index in [0.29, 0.717) is 102 Å². The van der Waals surface area contributed by atoms with Gasteiger partial charge in [0, 0.05) is 53.7 Å². The molecule has 6 fully saturated rings. The topological polar surface area (TPSA) is 275 Å². The zero-order valence-corrected chi connectivity index (χ0v) is 42.7. The number of hydrogen-bond acceptors (Lipinski definition) is 12. The van der Waals surface area contributed by atoms with Crippen molar-refractivity contribution in [3.8, 4) is 0 Å². The molecule has 0 aromatic carbocycles. The molecule has 71 heavy (non-hydrogen) atoms. The van der Waals surface area contributed by atoms with Crippen LogP contribution >= 0.6 is 0 Å². The van der Waals surface area contributed by atoms with Crippen molar-refractivity contribution in [2.45, 2.75) is 177 Å². The van der Waals surface area contributed by atoms with Crippen molar-refractivity contribution in [3.63, 3.8) is 0 Å². The average Bonchev–Trinajstić information content (AvgIpc) is 3.38. The highest BCUT2D eigenvalue weighted by atomic mass is 32.2. The van der Waals surface area contributed by atoms with Gasteiger partial charge in [0.1, 0.15) is 0 Å². The molecular weight excluding hydrogens is 973 g/mol. The summed E-state index contributed by atoms with van der Waals surface area (Å²) in [6, 6.07) is 0. The van der Waals surface area contributed by atoms with Gasteiger partial charge >= 0.3 is 28.5 Å². The minimum Gasteiger partial charge on any atom is -0.361 e. The molecule has 9 rings (SSSR count). The summed E-state index contributed by atoms with van der Waals surface area (Å²) in [6.45, 7) is 2.40. The van der Waals surface area contributed by atoms with E-state index in [1.54, 1.807) is 12.2 Å². The van der Waals surface area contributed by atoms with Gasteiger partial charge in [-0.15, -0.1) is 4.33 Å². The summed E-state index contributed by atoms with van der Waals surface area (Å²) in [7, 11) is -4.04. The molecule has 0 spiro atoms. The number of nitrogens with zero attached hydrogens (tertiary/aromatic N) is 6. The van der Waals surface area contributed by atoms with Crippen LogP contribution in [0, 0.1) is 58.7 Å². The molecule has 386 valence electrons. The van der Waals surface area contributed by atoms with Gasteiger partial charge in [0.25, 0.3) is 10.1 Å². The summed E-state index contributed by atoms with van der Waals surface area (Å²) in [6.07, 6.45) is 22.4. The maximum absolute atomic E-state index is 14.0. The number of ketones is 3. The lowest BCUT2D eigenvalue weighted by molar-refractivity contribution is -0.248. The zero-order chi connectivity index (χ0) is 50.0. The lowest BCUT2D eigenvalue weighted by atomic mass is 9.52. The summed E-state index contributed by atoms with van der Waals surface area (Å²) in [5.41, 5.74) is 27.7. The van der Waals surface area contributed by atoms with Crippen molar-refractivity contribution in [2.75, 3.05) is 0 Å². The molecule has 0 aromatic heterocycles. The lowest BCUT2D eigenvalue weighted by Gasteiger charge is -2.54. The second-order valence-electron chi connectivity index (χ2n) is 21.8. The minimum absolute atomic E-state index is 0.0108. The second-order valence-corrected chi connectivity index (χ2v) is 25.6. The van der Waals surface area contributed by atoms with Gasteiger partial charge in [0.15, 0.2) is 11.1 Å². The lowest BCUT2D eigenvalue weighted by Crippen LogP contribution is -2.48. The molecule has 9 aliphatic rings. The number of Topliss-reactive ketones (excluding diaryl/α,β-unsaturated/α-hetero) is 3. The Morgan fingerprint density at radius 1 is 0.549 bits per heavy atom. The summed E-state index contributed by atoms with van der Waals surface area (Å²) in [4.78, 5) is 54.0. The number of hydrogen-bond donors (Lipinski definition) is 0. The fraction of sp³-hybridized carbons (Fsp3) is 0.760. The summed E-state index contributed by atoms with van der Waals surface area (Å²) in [5, 5.41) is -1.28. The number of fused-ring (bicyclic) bond motifs is 3. The van der Waals surface area contributed by atoms with Gasteiger partial charge in [-0.25, -0.2) is 9.10 Å². The number of carbonyl (C=O) groups is 3. The van der Waals surface area contributed by atoms with Crippen molar-refractivity contribution < 1.29 is 67.4 Å². The predicted octanol–water partition coefficient (Wildman–Crippen LogP) is 7.02. The smallest absolute Gasteiger partial charge is 0.357 e. The van der Waals surface area contributed by atoms with E-state index in [4.69, 9.17) is 21.8 Å². The van der Waals surface area contributed by atoms with Crippen LogP contribution in [0.25, 0.3) is 16.6 Å². The Labute approximate surface area is 420 Å². The summed E-state index contributed by atoms with van der Waals surface area (Å²) >= 11 is -3.84. The van der Waals surface area contributed by atoms with E-state index in [0.717, 1.165) is 38.5 Å². The predicted molar refractivity (Wildman–Crippen MR) is 258 cm³/mol. The third-order valence-electron chi connectivity index (χ3n) is 18.4. The Balaban J connectivity index is 0.834. The van der Waals surface area contributed by atoms with Gasteiger partial charge < -0.3 is 16.6 Å². The summed E-state index contributed by atoms with van der Waals surface area (Å²) < 4.78 is 78.7.